The summed E-state index contributed by atoms with van der Waals surface area (Å²) in [7, 11) is -0.979. The largest absolute Gasteiger partial charge is 0.379 e. The van der Waals surface area contributed by atoms with Crippen molar-refractivity contribution < 1.29 is 8.95 Å². The minimum Gasteiger partial charge on any atom is -0.379 e. The van der Waals surface area contributed by atoms with Crippen LogP contribution in [0.5, 0.6) is 0 Å². The summed E-state index contributed by atoms with van der Waals surface area (Å²) >= 11 is 0. The van der Waals surface area contributed by atoms with Crippen LogP contribution < -0.4 is 0 Å². The lowest BCUT2D eigenvalue weighted by Crippen LogP contribution is -2.36. The van der Waals surface area contributed by atoms with Gasteiger partial charge in [-0.3, -0.25) is 13.5 Å². The Morgan fingerprint density at radius 1 is 1.20 bits per heavy atom. The van der Waals surface area contributed by atoms with Gasteiger partial charge in [-0.15, -0.1) is 0 Å². The van der Waals surface area contributed by atoms with Crippen molar-refractivity contribution in [2.45, 2.75) is 11.4 Å². The molecule has 0 saturated carbocycles. The molecule has 0 spiro atoms. The van der Waals surface area contributed by atoms with Crippen molar-refractivity contribution in [3.8, 4) is 11.3 Å². The Labute approximate surface area is 148 Å². The third-order valence-corrected chi connectivity index (χ3v) is 5.38. The number of morpholine rings is 1. The van der Waals surface area contributed by atoms with Crippen LogP contribution in [0.2, 0.25) is 0 Å². The van der Waals surface area contributed by atoms with Crippen LogP contribution >= 0.6 is 0 Å². The fraction of sp³-hybridized carbons (Fsp3) is 0.333. The highest BCUT2D eigenvalue weighted by Gasteiger charge is 2.19. The second kappa shape index (κ2) is 7.03. The molecule has 130 valence electrons. The van der Waals surface area contributed by atoms with E-state index in [0.717, 1.165) is 54.7 Å². The summed E-state index contributed by atoms with van der Waals surface area (Å²) in [6, 6.07) is 9.70. The van der Waals surface area contributed by atoms with E-state index in [1.54, 1.807) is 12.5 Å². The summed E-state index contributed by atoms with van der Waals surface area (Å²) in [6.45, 7) is 4.16. The summed E-state index contributed by atoms with van der Waals surface area (Å²) < 4.78 is 19.1. The van der Waals surface area contributed by atoms with Crippen molar-refractivity contribution in [2.75, 3.05) is 32.6 Å². The van der Waals surface area contributed by atoms with E-state index in [1.807, 2.05) is 36.5 Å². The highest BCUT2D eigenvalue weighted by molar-refractivity contribution is 7.84. The van der Waals surface area contributed by atoms with Gasteiger partial charge in [0.25, 0.3) is 0 Å². The molecule has 0 N–H and O–H groups in total. The molecular formula is C18H20N4O2S. The number of fused-ring (bicyclic) bond motifs is 1. The number of hydrogen-bond donors (Lipinski definition) is 0. The van der Waals surface area contributed by atoms with E-state index in [9.17, 15) is 4.21 Å². The van der Waals surface area contributed by atoms with Gasteiger partial charge in [-0.1, -0.05) is 12.1 Å². The van der Waals surface area contributed by atoms with Crippen LogP contribution in [0, 0.1) is 0 Å². The molecule has 1 unspecified atom stereocenters. The van der Waals surface area contributed by atoms with Crippen molar-refractivity contribution >= 4 is 16.6 Å². The van der Waals surface area contributed by atoms with Gasteiger partial charge in [0.05, 0.1) is 24.6 Å². The number of ether oxygens (including phenoxy) is 1. The standard InChI is InChI=1S/C18H20N4O2S/c1-25(23)15-5-3-14(4-6-15)17-16(13-21-9-11-24-12-10-21)22-8-2-7-19-18(22)20-17/h2-8H,9-13H2,1H3. The molecule has 7 heteroatoms. The van der Waals surface area contributed by atoms with Crippen LogP contribution in [0.15, 0.2) is 47.6 Å². The number of aromatic nitrogens is 3. The normalized spacial score (nSPS) is 17.0. The number of nitrogens with zero attached hydrogens (tertiary/aromatic N) is 4. The topological polar surface area (TPSA) is 59.7 Å². The molecule has 2 aromatic heterocycles. The first-order valence-electron chi connectivity index (χ1n) is 8.28. The van der Waals surface area contributed by atoms with Gasteiger partial charge >= 0.3 is 0 Å². The summed E-state index contributed by atoms with van der Waals surface area (Å²) in [5.74, 6) is 0.698. The van der Waals surface area contributed by atoms with Gasteiger partial charge in [-0.05, 0) is 18.2 Å². The third kappa shape index (κ3) is 3.35. The van der Waals surface area contributed by atoms with E-state index >= 15 is 0 Å². The molecule has 1 aromatic carbocycles. The number of benzene rings is 1. The zero-order chi connectivity index (χ0) is 17.2. The van der Waals surface area contributed by atoms with Crippen molar-refractivity contribution in [2.24, 2.45) is 0 Å². The van der Waals surface area contributed by atoms with E-state index in [4.69, 9.17) is 9.72 Å². The molecule has 1 aliphatic rings. The van der Waals surface area contributed by atoms with E-state index in [0.29, 0.717) is 5.78 Å². The molecule has 6 nitrogen and oxygen atoms in total. The van der Waals surface area contributed by atoms with Gasteiger partial charge < -0.3 is 4.74 Å². The molecule has 1 fully saturated rings. The molecule has 1 aliphatic heterocycles. The predicted octanol–water partition coefficient (Wildman–Crippen LogP) is 1.97. The average Bonchev–Trinajstić information content (AvgIpc) is 3.01. The Kier molecular flexibility index (Phi) is 4.61. The number of hydrogen-bond acceptors (Lipinski definition) is 5. The highest BCUT2D eigenvalue weighted by Crippen LogP contribution is 2.26. The van der Waals surface area contributed by atoms with E-state index < -0.39 is 10.8 Å². The Morgan fingerprint density at radius 2 is 1.96 bits per heavy atom. The molecule has 0 radical (unpaired) electrons. The monoisotopic (exact) mass is 356 g/mol. The van der Waals surface area contributed by atoms with Crippen molar-refractivity contribution in [3.63, 3.8) is 0 Å². The molecule has 3 heterocycles. The molecule has 0 aliphatic carbocycles. The van der Waals surface area contributed by atoms with Crippen LogP contribution in [0.1, 0.15) is 5.69 Å². The maximum atomic E-state index is 11.6. The lowest BCUT2D eigenvalue weighted by atomic mass is 10.1. The van der Waals surface area contributed by atoms with Gasteiger partial charge in [-0.25, -0.2) is 9.97 Å². The Balaban J connectivity index is 1.76. The minimum atomic E-state index is -0.979. The van der Waals surface area contributed by atoms with Crippen molar-refractivity contribution in [1.29, 1.82) is 0 Å². The van der Waals surface area contributed by atoms with Crippen LogP contribution in [-0.4, -0.2) is 56.0 Å². The van der Waals surface area contributed by atoms with Gasteiger partial charge in [-0.2, -0.15) is 0 Å². The molecule has 1 atom stereocenters. The second-order valence-electron chi connectivity index (χ2n) is 6.06. The molecule has 0 amide bonds. The fourth-order valence-electron chi connectivity index (χ4n) is 3.09. The van der Waals surface area contributed by atoms with Gasteiger partial charge in [0.2, 0.25) is 5.78 Å². The molecular weight excluding hydrogens is 336 g/mol. The first-order valence-corrected chi connectivity index (χ1v) is 9.84. The summed E-state index contributed by atoms with van der Waals surface area (Å²) in [6.07, 6.45) is 5.45. The van der Waals surface area contributed by atoms with Crippen molar-refractivity contribution in [3.05, 3.63) is 48.4 Å². The molecule has 25 heavy (non-hydrogen) atoms. The quantitative estimate of drug-likeness (QED) is 0.715. The fourth-order valence-corrected chi connectivity index (χ4v) is 3.61. The van der Waals surface area contributed by atoms with E-state index in [-0.39, 0.29) is 0 Å². The van der Waals surface area contributed by atoms with Gasteiger partial charge in [0.1, 0.15) is 0 Å². The highest BCUT2D eigenvalue weighted by atomic mass is 32.2. The first-order chi connectivity index (χ1) is 12.2. The average molecular weight is 356 g/mol. The Hall–Kier alpha value is -2.09. The molecule has 3 aromatic rings. The van der Waals surface area contributed by atoms with Gasteiger partial charge in [0, 0.05) is 59.5 Å². The third-order valence-electron chi connectivity index (χ3n) is 4.44. The molecule has 1 saturated heterocycles. The molecule has 4 rings (SSSR count). The van der Waals surface area contributed by atoms with Gasteiger partial charge in [0.15, 0.2) is 0 Å². The number of imidazole rings is 1. The second-order valence-corrected chi connectivity index (χ2v) is 7.44. The van der Waals surface area contributed by atoms with Crippen molar-refractivity contribution in [1.82, 2.24) is 19.3 Å². The zero-order valence-corrected chi connectivity index (χ0v) is 14.9. The first kappa shape index (κ1) is 16.4. The number of rotatable bonds is 4. The van der Waals surface area contributed by atoms with Crippen LogP contribution in [0.4, 0.5) is 0 Å². The minimum absolute atomic E-state index is 0.698. The Bertz CT molecular complexity index is 901. The predicted molar refractivity (Wildman–Crippen MR) is 96.9 cm³/mol. The van der Waals surface area contributed by atoms with Crippen LogP contribution in [0.3, 0.4) is 0 Å². The smallest absolute Gasteiger partial charge is 0.234 e. The van der Waals surface area contributed by atoms with Crippen LogP contribution in [0.25, 0.3) is 17.0 Å². The Morgan fingerprint density at radius 3 is 2.68 bits per heavy atom. The summed E-state index contributed by atoms with van der Waals surface area (Å²) in [4.78, 5) is 12.3. The SMILES string of the molecule is CS(=O)c1ccc(-c2nc3ncccn3c2CN2CCOCC2)cc1. The zero-order valence-electron chi connectivity index (χ0n) is 14.1. The van der Waals surface area contributed by atoms with Crippen LogP contribution in [-0.2, 0) is 22.1 Å². The maximum Gasteiger partial charge on any atom is 0.234 e. The molecule has 0 bridgehead atoms. The summed E-state index contributed by atoms with van der Waals surface area (Å²) in [5, 5.41) is 0. The van der Waals surface area contributed by atoms with E-state index in [2.05, 4.69) is 14.3 Å². The lowest BCUT2D eigenvalue weighted by Gasteiger charge is -2.26. The maximum absolute atomic E-state index is 11.6. The summed E-state index contributed by atoms with van der Waals surface area (Å²) in [5.41, 5.74) is 3.07. The van der Waals surface area contributed by atoms with E-state index in [1.165, 1.54) is 0 Å². The lowest BCUT2D eigenvalue weighted by molar-refractivity contribution is 0.0336.